The molecule has 1 amide bonds. The number of hydrogen-bond donors (Lipinski definition) is 0. The van der Waals surface area contributed by atoms with Gasteiger partial charge in [0.2, 0.25) is 10.0 Å². The summed E-state index contributed by atoms with van der Waals surface area (Å²) in [6, 6.07) is 5.22. The van der Waals surface area contributed by atoms with E-state index in [9.17, 15) is 18.0 Å². The summed E-state index contributed by atoms with van der Waals surface area (Å²) in [6.45, 7) is 4.01. The van der Waals surface area contributed by atoms with Crippen LogP contribution >= 0.6 is 0 Å². The first-order valence-corrected chi connectivity index (χ1v) is 9.69. The van der Waals surface area contributed by atoms with Gasteiger partial charge in [0.25, 0.3) is 5.91 Å². The zero-order valence-electron chi connectivity index (χ0n) is 15.2. The number of benzene rings is 1. The second kappa shape index (κ2) is 8.61. The molecule has 0 N–H and O–H groups in total. The number of sulfonamides is 1. The zero-order valence-corrected chi connectivity index (χ0v) is 16.0. The number of hydrogen-bond acceptors (Lipinski definition) is 6. The van der Waals surface area contributed by atoms with E-state index in [1.165, 1.54) is 16.3 Å². The lowest BCUT2D eigenvalue weighted by molar-refractivity contribution is -0.155. The Morgan fingerprint density at radius 2 is 1.73 bits per heavy atom. The number of methoxy groups -OCH3 is 1. The third-order valence-electron chi connectivity index (χ3n) is 4.16. The predicted molar refractivity (Wildman–Crippen MR) is 94.1 cm³/mol. The van der Waals surface area contributed by atoms with Crippen molar-refractivity contribution in [3.05, 3.63) is 29.3 Å². The number of ether oxygens (including phenoxy) is 2. The summed E-state index contributed by atoms with van der Waals surface area (Å²) >= 11 is 0. The molecule has 0 saturated carbocycles. The van der Waals surface area contributed by atoms with E-state index in [0.717, 1.165) is 5.56 Å². The molecule has 1 aliphatic heterocycles. The number of piperazine rings is 1. The second-order valence-corrected chi connectivity index (χ2v) is 8.05. The summed E-state index contributed by atoms with van der Waals surface area (Å²) in [4.78, 5) is 25.1. The van der Waals surface area contributed by atoms with Gasteiger partial charge in [-0.05, 0) is 25.5 Å². The van der Waals surface area contributed by atoms with E-state index in [2.05, 4.69) is 4.74 Å². The summed E-state index contributed by atoms with van der Waals surface area (Å²) in [5, 5.41) is 0. The summed E-state index contributed by atoms with van der Waals surface area (Å²) in [7, 11) is -2.24. The highest BCUT2D eigenvalue weighted by molar-refractivity contribution is 7.89. The molecule has 0 atom stereocenters. The third kappa shape index (κ3) is 4.80. The Kier molecular flexibility index (Phi) is 6.74. The molecule has 2 rings (SSSR count). The Bertz CT molecular complexity index is 769. The minimum atomic E-state index is -3.60. The molecule has 1 aromatic rings. The fourth-order valence-electron chi connectivity index (χ4n) is 2.80. The summed E-state index contributed by atoms with van der Waals surface area (Å²) in [5.74, 6) is -0.963. The average molecular weight is 384 g/mol. The minimum Gasteiger partial charge on any atom is -0.454 e. The molecule has 9 heteroatoms. The second-order valence-electron chi connectivity index (χ2n) is 6.15. The van der Waals surface area contributed by atoms with Gasteiger partial charge in [-0.15, -0.1) is 0 Å². The molecule has 1 aliphatic rings. The number of nitrogens with zero attached hydrogens (tertiary/aromatic N) is 2. The van der Waals surface area contributed by atoms with Crippen molar-refractivity contribution in [3.8, 4) is 0 Å². The van der Waals surface area contributed by atoms with Gasteiger partial charge >= 0.3 is 5.97 Å². The van der Waals surface area contributed by atoms with Gasteiger partial charge in [-0.3, -0.25) is 4.79 Å². The van der Waals surface area contributed by atoms with Crippen LogP contribution in [-0.2, 0) is 29.1 Å². The highest BCUT2D eigenvalue weighted by atomic mass is 32.2. The molecule has 0 radical (unpaired) electrons. The van der Waals surface area contributed by atoms with E-state index in [1.807, 2.05) is 13.0 Å². The molecule has 144 valence electrons. The van der Waals surface area contributed by atoms with E-state index in [4.69, 9.17) is 4.74 Å². The molecule has 0 aromatic heterocycles. The monoisotopic (exact) mass is 384 g/mol. The normalized spacial score (nSPS) is 15.7. The standard InChI is InChI=1S/C17H24N2O6S/c1-13-4-5-15(14(2)10-13)26(22,23)19-8-6-18(7-9-19)16(20)11-25-17(21)12-24-3/h4-5,10H,6-9,11-12H2,1-3H3. The van der Waals surface area contributed by atoms with Crippen molar-refractivity contribution < 1.29 is 27.5 Å². The SMILES string of the molecule is COCC(=O)OCC(=O)N1CCN(S(=O)(=O)c2ccc(C)cc2C)CC1. The van der Waals surface area contributed by atoms with Crippen LogP contribution in [0.3, 0.4) is 0 Å². The lowest BCUT2D eigenvalue weighted by Gasteiger charge is -2.34. The van der Waals surface area contributed by atoms with Gasteiger partial charge in [-0.1, -0.05) is 17.7 Å². The van der Waals surface area contributed by atoms with Crippen molar-refractivity contribution in [2.24, 2.45) is 0 Å². The maximum atomic E-state index is 12.8. The Hall–Kier alpha value is -1.97. The molecule has 8 nitrogen and oxygen atoms in total. The van der Waals surface area contributed by atoms with Crippen LogP contribution in [0.2, 0.25) is 0 Å². The van der Waals surface area contributed by atoms with E-state index < -0.39 is 16.0 Å². The van der Waals surface area contributed by atoms with Crippen LogP contribution < -0.4 is 0 Å². The van der Waals surface area contributed by atoms with Crippen molar-refractivity contribution >= 4 is 21.9 Å². The van der Waals surface area contributed by atoms with Crippen molar-refractivity contribution in [2.75, 3.05) is 46.5 Å². The van der Waals surface area contributed by atoms with Crippen molar-refractivity contribution in [1.29, 1.82) is 0 Å². The molecule has 0 spiro atoms. The van der Waals surface area contributed by atoms with E-state index in [-0.39, 0.29) is 50.2 Å². The molecular weight excluding hydrogens is 360 g/mol. The van der Waals surface area contributed by atoms with E-state index in [0.29, 0.717) is 5.56 Å². The number of carbonyl (C=O) groups excluding carboxylic acids is 2. The van der Waals surface area contributed by atoms with Crippen LogP contribution in [0, 0.1) is 13.8 Å². The number of rotatable bonds is 6. The van der Waals surface area contributed by atoms with Gasteiger partial charge in [0.1, 0.15) is 6.61 Å². The molecule has 0 unspecified atom stereocenters. The van der Waals surface area contributed by atoms with Crippen LogP contribution in [-0.4, -0.2) is 76.0 Å². The number of esters is 1. The first-order chi connectivity index (χ1) is 12.3. The predicted octanol–water partition coefficient (Wildman–Crippen LogP) is 0.326. The van der Waals surface area contributed by atoms with Gasteiger partial charge in [-0.25, -0.2) is 13.2 Å². The van der Waals surface area contributed by atoms with Gasteiger partial charge in [0, 0.05) is 33.3 Å². The number of amides is 1. The molecule has 1 saturated heterocycles. The van der Waals surface area contributed by atoms with Crippen molar-refractivity contribution in [2.45, 2.75) is 18.7 Å². The molecule has 1 aromatic carbocycles. The molecule has 1 fully saturated rings. The maximum Gasteiger partial charge on any atom is 0.332 e. The quantitative estimate of drug-likeness (QED) is 0.656. The largest absolute Gasteiger partial charge is 0.454 e. The third-order valence-corrected chi connectivity index (χ3v) is 6.22. The first-order valence-electron chi connectivity index (χ1n) is 8.25. The van der Waals surface area contributed by atoms with Crippen LogP contribution in [0.25, 0.3) is 0 Å². The summed E-state index contributed by atoms with van der Waals surface area (Å²) in [5.41, 5.74) is 1.70. The van der Waals surface area contributed by atoms with Gasteiger partial charge in [0.15, 0.2) is 6.61 Å². The lowest BCUT2D eigenvalue weighted by atomic mass is 10.2. The molecule has 0 aliphatic carbocycles. The molecule has 26 heavy (non-hydrogen) atoms. The molecular formula is C17H24N2O6S. The van der Waals surface area contributed by atoms with Gasteiger partial charge in [0.05, 0.1) is 4.90 Å². The number of aryl methyl sites for hydroxylation is 2. The fraction of sp³-hybridized carbons (Fsp3) is 0.529. The first kappa shape index (κ1) is 20.3. The highest BCUT2D eigenvalue weighted by Crippen LogP contribution is 2.22. The van der Waals surface area contributed by atoms with E-state index in [1.54, 1.807) is 19.1 Å². The maximum absolute atomic E-state index is 12.8. The summed E-state index contributed by atoms with van der Waals surface area (Å²) in [6.07, 6.45) is 0. The Morgan fingerprint density at radius 3 is 2.31 bits per heavy atom. The van der Waals surface area contributed by atoms with Gasteiger partial charge in [-0.2, -0.15) is 4.31 Å². The Morgan fingerprint density at radius 1 is 1.08 bits per heavy atom. The number of carbonyl (C=O) groups is 2. The summed E-state index contributed by atoms with van der Waals surface area (Å²) < 4.78 is 36.4. The van der Waals surface area contributed by atoms with Crippen molar-refractivity contribution in [3.63, 3.8) is 0 Å². The lowest BCUT2D eigenvalue weighted by Crippen LogP contribution is -2.51. The molecule has 1 heterocycles. The van der Waals surface area contributed by atoms with Crippen LogP contribution in [0.5, 0.6) is 0 Å². The van der Waals surface area contributed by atoms with Crippen molar-refractivity contribution in [1.82, 2.24) is 9.21 Å². The Labute approximate surface area is 153 Å². The highest BCUT2D eigenvalue weighted by Gasteiger charge is 2.31. The van der Waals surface area contributed by atoms with Crippen LogP contribution in [0.4, 0.5) is 0 Å². The topological polar surface area (TPSA) is 93.2 Å². The van der Waals surface area contributed by atoms with E-state index >= 15 is 0 Å². The fourth-order valence-corrected chi connectivity index (χ4v) is 4.43. The average Bonchev–Trinajstić information content (AvgIpc) is 2.59. The van der Waals surface area contributed by atoms with Crippen LogP contribution in [0.15, 0.2) is 23.1 Å². The zero-order chi connectivity index (χ0) is 19.3. The smallest absolute Gasteiger partial charge is 0.332 e. The van der Waals surface area contributed by atoms with Gasteiger partial charge < -0.3 is 14.4 Å². The Balaban J connectivity index is 1.95. The minimum absolute atomic E-state index is 0.202. The molecule has 0 bridgehead atoms. The van der Waals surface area contributed by atoms with Crippen LogP contribution in [0.1, 0.15) is 11.1 Å².